The molecule has 0 saturated carbocycles. The summed E-state index contributed by atoms with van der Waals surface area (Å²) in [7, 11) is 0. The monoisotopic (exact) mass is 320 g/mol. The van der Waals surface area contributed by atoms with E-state index < -0.39 is 0 Å². The van der Waals surface area contributed by atoms with Crippen molar-refractivity contribution in [2.45, 2.75) is 32.2 Å². The molecule has 0 radical (unpaired) electrons. The zero-order chi connectivity index (χ0) is 16.4. The van der Waals surface area contributed by atoms with E-state index in [2.05, 4.69) is 65.3 Å². The lowest BCUT2D eigenvalue weighted by molar-refractivity contribution is 0.225. The average Bonchev–Trinajstić information content (AvgIpc) is 2.78. The second-order valence-electron chi connectivity index (χ2n) is 7.16. The molecule has 0 amide bonds. The van der Waals surface area contributed by atoms with Crippen molar-refractivity contribution in [1.82, 2.24) is 9.80 Å². The summed E-state index contributed by atoms with van der Waals surface area (Å²) < 4.78 is 0. The lowest BCUT2D eigenvalue weighted by atomic mass is 10.0. The van der Waals surface area contributed by atoms with E-state index in [4.69, 9.17) is 0 Å². The second-order valence-corrected chi connectivity index (χ2v) is 7.16. The first-order valence-corrected chi connectivity index (χ1v) is 9.53. The van der Waals surface area contributed by atoms with E-state index in [1.807, 2.05) is 0 Å². The molecule has 0 spiro atoms. The Morgan fingerprint density at radius 1 is 0.833 bits per heavy atom. The van der Waals surface area contributed by atoms with Crippen LogP contribution in [0, 0.1) is 0 Å². The first-order chi connectivity index (χ1) is 11.9. The van der Waals surface area contributed by atoms with Gasteiger partial charge in [0.1, 0.15) is 0 Å². The van der Waals surface area contributed by atoms with Crippen LogP contribution in [0.2, 0.25) is 0 Å². The lowest BCUT2D eigenvalue weighted by Gasteiger charge is -2.29. The Hall–Kier alpha value is -1.64. The topological polar surface area (TPSA) is 6.48 Å². The van der Waals surface area contributed by atoms with Crippen molar-refractivity contribution in [1.29, 1.82) is 0 Å². The number of hydrogen-bond donors (Lipinski definition) is 0. The third kappa shape index (κ3) is 2.89. The van der Waals surface area contributed by atoms with Crippen LogP contribution in [0.15, 0.2) is 48.5 Å². The highest BCUT2D eigenvalue weighted by atomic mass is 15.2. The van der Waals surface area contributed by atoms with Gasteiger partial charge in [-0.15, -0.1) is 0 Å². The normalized spacial score (nSPS) is 19.0. The molecule has 0 N–H and O–H groups in total. The number of unbranched alkanes of at least 4 members (excludes halogenated alkanes) is 1. The third-order valence-corrected chi connectivity index (χ3v) is 5.62. The zero-order valence-electron chi connectivity index (χ0n) is 14.7. The summed E-state index contributed by atoms with van der Waals surface area (Å²) in [5.41, 5.74) is 5.87. The number of nitrogens with zero attached hydrogens (tertiary/aromatic N) is 2. The smallest absolute Gasteiger partial charge is 0.0614 e. The van der Waals surface area contributed by atoms with E-state index in [0.717, 1.165) is 0 Å². The SMILES string of the molecule is CCCCN1CCCN(C2c3ccccc3-c3ccccc32)CC1. The molecule has 1 heterocycles. The van der Waals surface area contributed by atoms with Crippen LogP contribution >= 0.6 is 0 Å². The van der Waals surface area contributed by atoms with Crippen molar-refractivity contribution in [3.8, 4) is 11.1 Å². The number of fused-ring (bicyclic) bond motifs is 3. The van der Waals surface area contributed by atoms with Gasteiger partial charge in [0.2, 0.25) is 0 Å². The van der Waals surface area contributed by atoms with Gasteiger partial charge in [0, 0.05) is 19.6 Å². The first-order valence-electron chi connectivity index (χ1n) is 9.53. The molecule has 1 fully saturated rings. The van der Waals surface area contributed by atoms with Gasteiger partial charge in [0.15, 0.2) is 0 Å². The van der Waals surface area contributed by atoms with Crippen molar-refractivity contribution >= 4 is 0 Å². The van der Waals surface area contributed by atoms with Crippen LogP contribution in [0.5, 0.6) is 0 Å². The molecule has 1 aliphatic heterocycles. The quantitative estimate of drug-likeness (QED) is 0.814. The molecule has 24 heavy (non-hydrogen) atoms. The molecule has 2 heteroatoms. The molecule has 0 unspecified atom stereocenters. The van der Waals surface area contributed by atoms with Gasteiger partial charge in [-0.3, -0.25) is 4.90 Å². The van der Waals surface area contributed by atoms with Crippen LogP contribution in [0.3, 0.4) is 0 Å². The van der Waals surface area contributed by atoms with E-state index in [1.54, 1.807) is 0 Å². The Morgan fingerprint density at radius 2 is 1.50 bits per heavy atom. The summed E-state index contributed by atoms with van der Waals surface area (Å²) in [4.78, 5) is 5.38. The Morgan fingerprint density at radius 3 is 2.17 bits per heavy atom. The fraction of sp³-hybridized carbons (Fsp3) is 0.455. The van der Waals surface area contributed by atoms with Gasteiger partial charge in [0.25, 0.3) is 0 Å². The number of rotatable bonds is 4. The molecule has 2 aromatic carbocycles. The maximum Gasteiger partial charge on any atom is 0.0614 e. The minimum Gasteiger partial charge on any atom is -0.302 e. The van der Waals surface area contributed by atoms with E-state index in [-0.39, 0.29) is 0 Å². The van der Waals surface area contributed by atoms with Gasteiger partial charge < -0.3 is 4.90 Å². The average molecular weight is 320 g/mol. The molecular formula is C22H28N2. The summed E-state index contributed by atoms with van der Waals surface area (Å²) >= 11 is 0. The standard InChI is InChI=1S/C22H28N2/c1-2-3-13-23-14-8-15-24(17-16-23)22-20-11-6-4-9-18(20)19-10-5-7-12-21(19)22/h4-7,9-12,22H,2-3,8,13-17H2,1H3. The summed E-state index contributed by atoms with van der Waals surface area (Å²) in [6.07, 6.45) is 3.91. The predicted molar refractivity (Wildman–Crippen MR) is 101 cm³/mol. The molecule has 0 aromatic heterocycles. The maximum atomic E-state index is 2.72. The van der Waals surface area contributed by atoms with Gasteiger partial charge in [0.05, 0.1) is 6.04 Å². The van der Waals surface area contributed by atoms with Crippen LogP contribution in [0.25, 0.3) is 11.1 Å². The second kappa shape index (κ2) is 7.08. The molecule has 1 aliphatic carbocycles. The van der Waals surface area contributed by atoms with Crippen molar-refractivity contribution < 1.29 is 0 Å². The van der Waals surface area contributed by atoms with E-state index in [0.29, 0.717) is 6.04 Å². The molecule has 0 atom stereocenters. The Kier molecular flexibility index (Phi) is 4.68. The minimum atomic E-state index is 0.448. The Labute approximate surface area is 146 Å². The van der Waals surface area contributed by atoms with Crippen LogP contribution in [-0.2, 0) is 0 Å². The fourth-order valence-corrected chi connectivity index (χ4v) is 4.38. The summed E-state index contributed by atoms with van der Waals surface area (Å²) in [5, 5.41) is 0. The van der Waals surface area contributed by atoms with Crippen molar-refractivity contribution in [2.24, 2.45) is 0 Å². The van der Waals surface area contributed by atoms with E-state index in [1.165, 1.54) is 74.2 Å². The summed E-state index contributed by atoms with van der Waals surface area (Å²) in [6.45, 7) is 8.40. The van der Waals surface area contributed by atoms with Crippen molar-refractivity contribution in [3.63, 3.8) is 0 Å². The molecular weight excluding hydrogens is 292 g/mol. The predicted octanol–water partition coefficient (Wildman–Crippen LogP) is 4.56. The Balaban J connectivity index is 1.60. The van der Waals surface area contributed by atoms with Crippen LogP contribution < -0.4 is 0 Å². The highest BCUT2D eigenvalue weighted by Crippen LogP contribution is 2.46. The largest absolute Gasteiger partial charge is 0.302 e. The molecule has 2 aliphatic rings. The van der Waals surface area contributed by atoms with Gasteiger partial charge in [-0.05, 0) is 48.2 Å². The molecule has 2 aromatic rings. The highest BCUT2D eigenvalue weighted by Gasteiger charge is 2.33. The van der Waals surface area contributed by atoms with Gasteiger partial charge in [-0.1, -0.05) is 61.9 Å². The summed E-state index contributed by atoms with van der Waals surface area (Å²) in [6, 6.07) is 18.4. The molecule has 126 valence electrons. The van der Waals surface area contributed by atoms with E-state index >= 15 is 0 Å². The van der Waals surface area contributed by atoms with Gasteiger partial charge in [-0.2, -0.15) is 0 Å². The minimum absolute atomic E-state index is 0.448. The van der Waals surface area contributed by atoms with Crippen molar-refractivity contribution in [3.05, 3.63) is 59.7 Å². The molecule has 4 rings (SSSR count). The summed E-state index contributed by atoms with van der Waals surface area (Å²) in [5.74, 6) is 0. The first kappa shape index (κ1) is 15.9. The van der Waals surface area contributed by atoms with Crippen LogP contribution in [0.1, 0.15) is 43.4 Å². The molecule has 0 bridgehead atoms. The highest BCUT2D eigenvalue weighted by molar-refractivity contribution is 5.78. The van der Waals surface area contributed by atoms with Gasteiger partial charge >= 0.3 is 0 Å². The van der Waals surface area contributed by atoms with E-state index in [9.17, 15) is 0 Å². The Bertz CT molecular complexity index is 648. The maximum absolute atomic E-state index is 2.72. The molecule has 1 saturated heterocycles. The van der Waals surface area contributed by atoms with Gasteiger partial charge in [-0.25, -0.2) is 0 Å². The fourth-order valence-electron chi connectivity index (χ4n) is 4.38. The molecule has 2 nitrogen and oxygen atoms in total. The zero-order valence-corrected chi connectivity index (χ0v) is 14.7. The van der Waals surface area contributed by atoms with Crippen molar-refractivity contribution in [2.75, 3.05) is 32.7 Å². The van der Waals surface area contributed by atoms with Crippen LogP contribution in [0.4, 0.5) is 0 Å². The number of hydrogen-bond acceptors (Lipinski definition) is 2. The lowest BCUT2D eigenvalue weighted by Crippen LogP contribution is -2.33. The third-order valence-electron chi connectivity index (χ3n) is 5.62. The number of benzene rings is 2. The van der Waals surface area contributed by atoms with Crippen LogP contribution in [-0.4, -0.2) is 42.5 Å².